The molecule has 0 fully saturated rings. The van der Waals surface area contributed by atoms with Crippen molar-refractivity contribution in [2.45, 2.75) is 4.90 Å². The van der Waals surface area contributed by atoms with Crippen LogP contribution in [-0.4, -0.2) is 13.4 Å². The van der Waals surface area contributed by atoms with E-state index >= 15 is 0 Å². The van der Waals surface area contributed by atoms with Crippen molar-refractivity contribution in [3.63, 3.8) is 0 Å². The van der Waals surface area contributed by atoms with E-state index in [4.69, 9.17) is 0 Å². The highest BCUT2D eigenvalue weighted by molar-refractivity contribution is 7.92. The molecule has 3 rings (SSSR count). The van der Waals surface area contributed by atoms with Crippen LogP contribution in [0.15, 0.2) is 65.7 Å². The summed E-state index contributed by atoms with van der Waals surface area (Å²) in [6, 6.07) is 13.7. The van der Waals surface area contributed by atoms with Crippen LogP contribution in [0.25, 0.3) is 10.9 Å². The molecular weight excluding hydrogens is 291 g/mol. The van der Waals surface area contributed by atoms with Gasteiger partial charge in [-0.3, -0.25) is 9.71 Å². The molecule has 0 radical (unpaired) electrons. The zero-order valence-electron chi connectivity index (χ0n) is 10.8. The molecule has 0 amide bonds. The highest BCUT2D eigenvalue weighted by Gasteiger charge is 2.16. The predicted molar refractivity (Wildman–Crippen MR) is 79.0 cm³/mol. The summed E-state index contributed by atoms with van der Waals surface area (Å²) in [5.74, 6) is -0.444. The number of fused-ring (bicyclic) bond motifs is 1. The van der Waals surface area contributed by atoms with E-state index in [-0.39, 0.29) is 21.5 Å². The average Bonchev–Trinajstić information content (AvgIpc) is 2.51. The molecule has 1 aromatic heterocycles. The number of nitrogens with one attached hydrogen (secondary N) is 1. The van der Waals surface area contributed by atoms with Crippen LogP contribution < -0.4 is 4.72 Å². The second-order valence-corrected chi connectivity index (χ2v) is 6.10. The fourth-order valence-electron chi connectivity index (χ4n) is 2.02. The van der Waals surface area contributed by atoms with E-state index in [9.17, 15) is 12.8 Å². The zero-order chi connectivity index (χ0) is 14.9. The number of hydrogen-bond donors (Lipinski definition) is 1. The standard InChI is InChI=1S/C15H11FN2O2S/c16-13-8-9-14(15-12(13)7-4-10-17-15)18-21(19,20)11-5-2-1-3-6-11/h1-10,18H. The summed E-state index contributed by atoms with van der Waals surface area (Å²) in [5.41, 5.74) is 0.521. The minimum absolute atomic E-state index is 0.137. The summed E-state index contributed by atoms with van der Waals surface area (Å²) in [7, 11) is -3.73. The summed E-state index contributed by atoms with van der Waals surface area (Å²) >= 11 is 0. The third kappa shape index (κ3) is 2.57. The maximum atomic E-state index is 13.7. The molecule has 6 heteroatoms. The molecule has 0 saturated heterocycles. The molecule has 1 N–H and O–H groups in total. The number of halogens is 1. The monoisotopic (exact) mass is 302 g/mol. The summed E-state index contributed by atoms with van der Waals surface area (Å²) in [5, 5.41) is 0.269. The van der Waals surface area contributed by atoms with Gasteiger partial charge in [0.15, 0.2) is 0 Å². The van der Waals surface area contributed by atoms with Gasteiger partial charge < -0.3 is 0 Å². The van der Waals surface area contributed by atoms with E-state index in [1.807, 2.05) is 0 Å². The van der Waals surface area contributed by atoms with Crippen molar-refractivity contribution in [3.8, 4) is 0 Å². The van der Waals surface area contributed by atoms with Crippen molar-refractivity contribution in [1.29, 1.82) is 0 Å². The average molecular weight is 302 g/mol. The lowest BCUT2D eigenvalue weighted by Crippen LogP contribution is -2.13. The first-order valence-corrected chi connectivity index (χ1v) is 7.67. The number of pyridine rings is 1. The predicted octanol–water partition coefficient (Wildman–Crippen LogP) is 3.17. The van der Waals surface area contributed by atoms with Crippen LogP contribution in [0.2, 0.25) is 0 Å². The van der Waals surface area contributed by atoms with E-state index in [1.54, 1.807) is 30.3 Å². The van der Waals surface area contributed by atoms with Gasteiger partial charge in [0, 0.05) is 11.6 Å². The molecule has 21 heavy (non-hydrogen) atoms. The summed E-state index contributed by atoms with van der Waals surface area (Å²) in [6.45, 7) is 0. The Balaban J connectivity index is 2.09. The van der Waals surface area contributed by atoms with Gasteiger partial charge in [-0.15, -0.1) is 0 Å². The Morgan fingerprint density at radius 3 is 2.48 bits per heavy atom. The second kappa shape index (κ2) is 5.14. The van der Waals surface area contributed by atoms with E-state index in [2.05, 4.69) is 9.71 Å². The summed E-state index contributed by atoms with van der Waals surface area (Å²) < 4.78 is 40.7. The number of benzene rings is 2. The van der Waals surface area contributed by atoms with Gasteiger partial charge in [-0.2, -0.15) is 0 Å². The van der Waals surface area contributed by atoms with E-state index in [1.165, 1.54) is 30.5 Å². The van der Waals surface area contributed by atoms with Crippen LogP contribution in [0.3, 0.4) is 0 Å². The van der Waals surface area contributed by atoms with Gasteiger partial charge in [0.25, 0.3) is 10.0 Å². The molecule has 0 spiro atoms. The van der Waals surface area contributed by atoms with Crippen molar-refractivity contribution in [2.75, 3.05) is 4.72 Å². The van der Waals surface area contributed by atoms with Crippen LogP contribution in [0.4, 0.5) is 10.1 Å². The van der Waals surface area contributed by atoms with Crippen molar-refractivity contribution < 1.29 is 12.8 Å². The Hall–Kier alpha value is -2.47. The van der Waals surface area contributed by atoms with Crippen LogP contribution in [0.1, 0.15) is 0 Å². The van der Waals surface area contributed by atoms with Crippen LogP contribution in [-0.2, 0) is 10.0 Å². The quantitative estimate of drug-likeness (QED) is 0.808. The fourth-order valence-corrected chi connectivity index (χ4v) is 3.11. The number of anilines is 1. The Morgan fingerprint density at radius 1 is 0.952 bits per heavy atom. The van der Waals surface area contributed by atoms with Gasteiger partial charge in [-0.25, -0.2) is 12.8 Å². The molecule has 0 aliphatic rings. The number of rotatable bonds is 3. The lowest BCUT2D eigenvalue weighted by atomic mass is 10.2. The minimum atomic E-state index is -3.73. The third-order valence-corrected chi connectivity index (χ3v) is 4.40. The van der Waals surface area contributed by atoms with Crippen LogP contribution in [0.5, 0.6) is 0 Å². The molecule has 0 unspecified atom stereocenters. The molecule has 4 nitrogen and oxygen atoms in total. The first-order chi connectivity index (χ1) is 10.1. The first-order valence-electron chi connectivity index (χ1n) is 6.19. The maximum absolute atomic E-state index is 13.7. The number of hydrogen-bond acceptors (Lipinski definition) is 3. The normalized spacial score (nSPS) is 11.5. The SMILES string of the molecule is O=S(=O)(Nc1ccc(F)c2cccnc12)c1ccccc1. The largest absolute Gasteiger partial charge is 0.277 e. The van der Waals surface area contributed by atoms with Gasteiger partial charge in [-0.05, 0) is 36.4 Å². The van der Waals surface area contributed by atoms with Gasteiger partial charge in [-0.1, -0.05) is 18.2 Å². The molecule has 106 valence electrons. The molecule has 1 heterocycles. The van der Waals surface area contributed by atoms with Crippen molar-refractivity contribution in [2.24, 2.45) is 0 Å². The molecular formula is C15H11FN2O2S. The molecule has 0 saturated carbocycles. The van der Waals surface area contributed by atoms with Gasteiger partial charge in [0.2, 0.25) is 0 Å². The minimum Gasteiger partial charge on any atom is -0.277 e. The van der Waals surface area contributed by atoms with Gasteiger partial charge >= 0.3 is 0 Å². The molecule has 0 bridgehead atoms. The van der Waals surface area contributed by atoms with E-state index < -0.39 is 15.8 Å². The Bertz CT molecular complexity index is 896. The van der Waals surface area contributed by atoms with Gasteiger partial charge in [0.1, 0.15) is 5.82 Å². The van der Waals surface area contributed by atoms with Crippen molar-refractivity contribution in [1.82, 2.24) is 4.98 Å². The van der Waals surface area contributed by atoms with Gasteiger partial charge in [0.05, 0.1) is 16.1 Å². The smallest absolute Gasteiger partial charge is 0.261 e. The van der Waals surface area contributed by atoms with E-state index in [0.717, 1.165) is 0 Å². The molecule has 2 aromatic carbocycles. The van der Waals surface area contributed by atoms with Crippen molar-refractivity contribution >= 4 is 26.6 Å². The highest BCUT2D eigenvalue weighted by Crippen LogP contribution is 2.25. The Labute approximate surface area is 121 Å². The number of nitrogens with zero attached hydrogens (tertiary/aromatic N) is 1. The zero-order valence-corrected chi connectivity index (χ0v) is 11.6. The summed E-state index contributed by atoms with van der Waals surface area (Å²) in [4.78, 5) is 4.19. The fraction of sp³-hybridized carbons (Fsp3) is 0. The molecule has 0 atom stereocenters. The lowest BCUT2D eigenvalue weighted by molar-refractivity contribution is 0.601. The number of sulfonamides is 1. The highest BCUT2D eigenvalue weighted by atomic mass is 32.2. The first kappa shape index (κ1) is 13.5. The molecule has 0 aliphatic heterocycles. The molecule has 0 aliphatic carbocycles. The second-order valence-electron chi connectivity index (χ2n) is 4.41. The van der Waals surface area contributed by atoms with Crippen LogP contribution >= 0.6 is 0 Å². The van der Waals surface area contributed by atoms with E-state index in [0.29, 0.717) is 0 Å². The number of aromatic nitrogens is 1. The topological polar surface area (TPSA) is 59.1 Å². The maximum Gasteiger partial charge on any atom is 0.261 e. The third-order valence-electron chi connectivity index (χ3n) is 3.01. The molecule has 3 aromatic rings. The Kier molecular flexibility index (Phi) is 3.31. The van der Waals surface area contributed by atoms with Crippen LogP contribution in [0, 0.1) is 5.82 Å². The van der Waals surface area contributed by atoms with Crippen molar-refractivity contribution in [3.05, 3.63) is 66.6 Å². The Morgan fingerprint density at radius 2 is 1.71 bits per heavy atom. The summed E-state index contributed by atoms with van der Waals surface area (Å²) in [6.07, 6.45) is 1.49. The lowest BCUT2D eigenvalue weighted by Gasteiger charge is -2.10.